The third-order valence-corrected chi connectivity index (χ3v) is 5.30. The highest BCUT2D eigenvalue weighted by atomic mass is 19.1. The second kappa shape index (κ2) is 9.02. The highest BCUT2D eigenvalue weighted by Crippen LogP contribution is 2.28. The van der Waals surface area contributed by atoms with E-state index in [-0.39, 0.29) is 18.1 Å². The first-order valence-electron chi connectivity index (χ1n) is 9.98. The number of benzene rings is 3. The van der Waals surface area contributed by atoms with Crippen molar-refractivity contribution < 1.29 is 19.0 Å². The smallest absolute Gasteiger partial charge is 0.352 e. The maximum atomic E-state index is 13.7. The Morgan fingerprint density at radius 1 is 1.00 bits per heavy atom. The number of halogens is 1. The molecule has 31 heavy (non-hydrogen) atoms. The summed E-state index contributed by atoms with van der Waals surface area (Å²) >= 11 is 0. The molecule has 0 unspecified atom stereocenters. The number of fused-ring (bicyclic) bond motifs is 1. The first kappa shape index (κ1) is 20.6. The lowest BCUT2D eigenvalue weighted by Gasteiger charge is -2.10. The Kier molecular flexibility index (Phi) is 6.00. The van der Waals surface area contributed by atoms with Crippen LogP contribution in [0.5, 0.6) is 5.75 Å². The Morgan fingerprint density at radius 3 is 2.48 bits per heavy atom. The maximum absolute atomic E-state index is 13.7. The van der Waals surface area contributed by atoms with Gasteiger partial charge in [0, 0.05) is 36.1 Å². The second-order valence-electron chi connectivity index (χ2n) is 7.32. The minimum atomic E-state index is -1.01. The van der Waals surface area contributed by atoms with Gasteiger partial charge in [-0.3, -0.25) is 0 Å². The largest absolute Gasteiger partial charge is 0.497 e. The average molecular weight is 418 g/mol. The van der Waals surface area contributed by atoms with E-state index in [2.05, 4.69) is 5.32 Å². The molecule has 4 aromatic rings. The van der Waals surface area contributed by atoms with Gasteiger partial charge in [-0.15, -0.1) is 0 Å². The molecular weight excluding hydrogens is 395 g/mol. The van der Waals surface area contributed by atoms with Crippen LogP contribution in [0.2, 0.25) is 0 Å². The van der Waals surface area contributed by atoms with Crippen molar-refractivity contribution in [3.63, 3.8) is 0 Å². The number of nitrogens with zero attached hydrogens (tertiary/aromatic N) is 1. The van der Waals surface area contributed by atoms with Crippen molar-refractivity contribution in [3.05, 3.63) is 101 Å². The van der Waals surface area contributed by atoms with Crippen LogP contribution in [-0.4, -0.2) is 22.8 Å². The molecular formula is C25H23FN2O3. The van der Waals surface area contributed by atoms with Crippen LogP contribution < -0.4 is 10.1 Å². The topological polar surface area (TPSA) is 63.5 Å². The normalized spacial score (nSPS) is 11.0. The van der Waals surface area contributed by atoms with E-state index in [1.54, 1.807) is 23.8 Å². The summed E-state index contributed by atoms with van der Waals surface area (Å²) < 4.78 is 20.6. The van der Waals surface area contributed by atoms with Gasteiger partial charge in [0.15, 0.2) is 0 Å². The van der Waals surface area contributed by atoms with Crippen molar-refractivity contribution in [3.8, 4) is 5.75 Å². The fourth-order valence-electron chi connectivity index (χ4n) is 3.86. The quantitative estimate of drug-likeness (QED) is 0.430. The lowest BCUT2D eigenvalue weighted by molar-refractivity contribution is 0.0685. The van der Waals surface area contributed by atoms with E-state index in [0.717, 1.165) is 22.2 Å². The van der Waals surface area contributed by atoms with E-state index < -0.39 is 5.97 Å². The summed E-state index contributed by atoms with van der Waals surface area (Å²) in [6.07, 6.45) is 0. The number of rotatable bonds is 8. The van der Waals surface area contributed by atoms with Gasteiger partial charge >= 0.3 is 5.97 Å². The zero-order valence-electron chi connectivity index (χ0n) is 17.1. The third kappa shape index (κ3) is 4.44. The standard InChI is InChI=1S/C25H23FN2O3/c1-31-20-11-9-17(10-12-20)14-27-15-22-21-7-2-3-8-23(21)28(24(22)25(29)30)16-18-5-4-6-19(26)13-18/h2-13,27H,14-16H2,1H3,(H,29,30). The SMILES string of the molecule is COc1ccc(CNCc2c(C(=O)O)n(Cc3cccc(F)c3)c3ccccc23)cc1. The number of hydrogen-bond donors (Lipinski definition) is 2. The summed E-state index contributed by atoms with van der Waals surface area (Å²) in [6, 6.07) is 21.6. The number of carboxylic acids is 1. The van der Waals surface area contributed by atoms with Gasteiger partial charge in [-0.2, -0.15) is 0 Å². The number of carboxylic acid groups (broad SMARTS) is 1. The lowest BCUT2D eigenvalue weighted by Crippen LogP contribution is -2.17. The van der Waals surface area contributed by atoms with Crippen LogP contribution >= 0.6 is 0 Å². The number of methoxy groups -OCH3 is 1. The molecule has 158 valence electrons. The molecule has 0 radical (unpaired) electrons. The number of nitrogens with one attached hydrogen (secondary N) is 1. The van der Waals surface area contributed by atoms with Crippen molar-refractivity contribution in [2.75, 3.05) is 7.11 Å². The first-order valence-corrected chi connectivity index (χ1v) is 9.98. The minimum absolute atomic E-state index is 0.215. The molecule has 0 aliphatic rings. The highest BCUT2D eigenvalue weighted by Gasteiger charge is 2.22. The van der Waals surface area contributed by atoms with Gasteiger partial charge in [-0.1, -0.05) is 42.5 Å². The molecule has 0 bridgehead atoms. The molecule has 6 heteroatoms. The Labute approximate surface area is 179 Å². The van der Waals surface area contributed by atoms with Crippen molar-refractivity contribution in [2.45, 2.75) is 19.6 Å². The fraction of sp³-hybridized carbons (Fsp3) is 0.160. The van der Waals surface area contributed by atoms with E-state index in [0.29, 0.717) is 24.2 Å². The van der Waals surface area contributed by atoms with E-state index in [1.165, 1.54) is 12.1 Å². The van der Waals surface area contributed by atoms with Crippen LogP contribution in [0.15, 0.2) is 72.8 Å². The summed E-state index contributed by atoms with van der Waals surface area (Å²) in [5, 5.41) is 14.2. The van der Waals surface area contributed by atoms with Gasteiger partial charge in [-0.05, 0) is 41.5 Å². The van der Waals surface area contributed by atoms with E-state index >= 15 is 0 Å². The molecule has 2 N–H and O–H groups in total. The Bertz CT molecular complexity index is 1220. The summed E-state index contributed by atoms with van der Waals surface area (Å²) in [4.78, 5) is 12.2. The van der Waals surface area contributed by atoms with Crippen LogP contribution in [0, 0.1) is 5.82 Å². The molecule has 0 aliphatic heterocycles. The predicted molar refractivity (Wildman–Crippen MR) is 118 cm³/mol. The van der Waals surface area contributed by atoms with Crippen molar-refractivity contribution in [1.82, 2.24) is 9.88 Å². The molecule has 0 amide bonds. The van der Waals surface area contributed by atoms with Gasteiger partial charge in [0.2, 0.25) is 0 Å². The van der Waals surface area contributed by atoms with Crippen molar-refractivity contribution in [1.29, 1.82) is 0 Å². The van der Waals surface area contributed by atoms with Crippen molar-refractivity contribution >= 4 is 16.9 Å². The Hall–Kier alpha value is -3.64. The summed E-state index contributed by atoms with van der Waals surface area (Å²) in [5.41, 5.74) is 3.52. The fourth-order valence-corrected chi connectivity index (χ4v) is 3.86. The number of para-hydroxylation sites is 1. The summed E-state index contributed by atoms with van der Waals surface area (Å²) in [6.45, 7) is 1.26. The van der Waals surface area contributed by atoms with E-state index in [4.69, 9.17) is 4.74 Å². The van der Waals surface area contributed by atoms with Crippen molar-refractivity contribution in [2.24, 2.45) is 0 Å². The molecule has 0 spiro atoms. The summed E-state index contributed by atoms with van der Waals surface area (Å²) in [7, 11) is 1.63. The van der Waals surface area contributed by atoms with Gasteiger partial charge in [-0.25, -0.2) is 9.18 Å². The van der Waals surface area contributed by atoms with Crippen LogP contribution in [0.25, 0.3) is 10.9 Å². The van der Waals surface area contributed by atoms with Crippen LogP contribution in [0.4, 0.5) is 4.39 Å². The van der Waals surface area contributed by atoms with Crippen LogP contribution in [0.1, 0.15) is 27.2 Å². The Balaban J connectivity index is 1.65. The monoisotopic (exact) mass is 418 g/mol. The minimum Gasteiger partial charge on any atom is -0.497 e. The van der Waals surface area contributed by atoms with Gasteiger partial charge in [0.05, 0.1) is 7.11 Å². The molecule has 0 saturated heterocycles. The number of aromatic carboxylic acids is 1. The van der Waals surface area contributed by atoms with Gasteiger partial charge < -0.3 is 19.7 Å². The average Bonchev–Trinajstić information content (AvgIpc) is 3.08. The number of ether oxygens (including phenoxy) is 1. The molecule has 5 nitrogen and oxygen atoms in total. The molecule has 0 fully saturated rings. The van der Waals surface area contributed by atoms with Crippen LogP contribution in [-0.2, 0) is 19.6 Å². The van der Waals surface area contributed by atoms with Crippen LogP contribution in [0.3, 0.4) is 0 Å². The number of carbonyl (C=O) groups is 1. The number of hydrogen-bond acceptors (Lipinski definition) is 3. The molecule has 0 aliphatic carbocycles. The highest BCUT2D eigenvalue weighted by molar-refractivity contribution is 5.98. The summed E-state index contributed by atoms with van der Waals surface area (Å²) in [5.74, 6) is -0.557. The molecule has 1 aromatic heterocycles. The third-order valence-electron chi connectivity index (χ3n) is 5.30. The Morgan fingerprint density at radius 2 is 1.77 bits per heavy atom. The number of aromatic nitrogens is 1. The van der Waals surface area contributed by atoms with Gasteiger partial charge in [0.25, 0.3) is 0 Å². The molecule has 1 heterocycles. The van der Waals surface area contributed by atoms with E-state index in [1.807, 2.05) is 48.5 Å². The maximum Gasteiger partial charge on any atom is 0.352 e. The van der Waals surface area contributed by atoms with Gasteiger partial charge in [0.1, 0.15) is 17.3 Å². The zero-order valence-corrected chi connectivity index (χ0v) is 17.1. The molecule has 0 saturated carbocycles. The lowest BCUT2D eigenvalue weighted by atomic mass is 10.1. The zero-order chi connectivity index (χ0) is 21.8. The predicted octanol–water partition coefficient (Wildman–Crippen LogP) is 4.83. The second-order valence-corrected chi connectivity index (χ2v) is 7.32. The molecule has 4 rings (SSSR count). The molecule has 0 atom stereocenters. The van der Waals surface area contributed by atoms with E-state index in [9.17, 15) is 14.3 Å². The first-order chi connectivity index (χ1) is 15.1. The molecule has 3 aromatic carbocycles.